The van der Waals surface area contributed by atoms with Crippen molar-refractivity contribution in [3.05, 3.63) is 18.0 Å². The molecule has 2 heterocycles. The molecule has 0 bridgehead atoms. The Morgan fingerprint density at radius 1 is 1.30 bits per heavy atom. The monoisotopic (exact) mass is 276 g/mol. The summed E-state index contributed by atoms with van der Waals surface area (Å²) in [5.41, 5.74) is 1.40. The summed E-state index contributed by atoms with van der Waals surface area (Å²) in [7, 11) is 0. The van der Waals surface area contributed by atoms with Crippen molar-refractivity contribution in [2.75, 3.05) is 19.6 Å². The van der Waals surface area contributed by atoms with Crippen LogP contribution in [-0.2, 0) is 13.1 Å². The van der Waals surface area contributed by atoms with E-state index in [4.69, 9.17) is 0 Å². The minimum absolute atomic E-state index is 0.842. The maximum Gasteiger partial charge on any atom is 0.0524 e. The Kier molecular flexibility index (Phi) is 4.73. The van der Waals surface area contributed by atoms with Crippen molar-refractivity contribution < 1.29 is 0 Å². The first kappa shape index (κ1) is 14.1. The second-order valence-electron chi connectivity index (χ2n) is 6.40. The lowest BCUT2D eigenvalue weighted by atomic mass is 9.97. The molecule has 0 atom stereocenters. The molecule has 1 N–H and O–H groups in total. The first-order chi connectivity index (χ1) is 9.86. The molecule has 0 aromatic carbocycles. The summed E-state index contributed by atoms with van der Waals surface area (Å²) in [5, 5.41) is 7.94. The van der Waals surface area contributed by atoms with Crippen LogP contribution >= 0.6 is 0 Å². The molecule has 112 valence electrons. The van der Waals surface area contributed by atoms with Gasteiger partial charge in [0.2, 0.25) is 0 Å². The van der Waals surface area contributed by atoms with Crippen molar-refractivity contribution in [3.8, 4) is 0 Å². The lowest BCUT2D eigenvalue weighted by Crippen LogP contribution is -2.37. The first-order valence-electron chi connectivity index (χ1n) is 8.32. The molecule has 4 heteroatoms. The highest BCUT2D eigenvalue weighted by atomic mass is 15.3. The van der Waals surface area contributed by atoms with Crippen LogP contribution in [0.25, 0.3) is 0 Å². The Balaban J connectivity index is 1.60. The third kappa shape index (κ3) is 3.61. The fourth-order valence-corrected chi connectivity index (χ4v) is 3.29. The fourth-order valence-electron chi connectivity index (χ4n) is 3.29. The topological polar surface area (TPSA) is 33.1 Å². The predicted octanol–water partition coefficient (Wildman–Crippen LogP) is 2.26. The van der Waals surface area contributed by atoms with Crippen molar-refractivity contribution in [1.82, 2.24) is 20.0 Å². The molecule has 1 aromatic rings. The van der Waals surface area contributed by atoms with Gasteiger partial charge in [0, 0.05) is 31.9 Å². The van der Waals surface area contributed by atoms with Crippen LogP contribution in [0.5, 0.6) is 0 Å². The molecule has 1 saturated heterocycles. The summed E-state index contributed by atoms with van der Waals surface area (Å²) >= 11 is 0. The molecule has 1 aromatic heterocycles. The minimum Gasteiger partial charge on any atom is -0.317 e. The Labute approximate surface area is 122 Å². The van der Waals surface area contributed by atoms with Crippen LogP contribution in [0.4, 0.5) is 0 Å². The number of rotatable bonds is 7. The predicted molar refractivity (Wildman–Crippen MR) is 81.5 cm³/mol. The van der Waals surface area contributed by atoms with E-state index in [1.165, 1.54) is 51.0 Å². The van der Waals surface area contributed by atoms with Gasteiger partial charge in [-0.15, -0.1) is 0 Å². The number of aromatic nitrogens is 2. The highest BCUT2D eigenvalue weighted by molar-refractivity contribution is 5.02. The van der Waals surface area contributed by atoms with Crippen LogP contribution < -0.4 is 5.32 Å². The Hall–Kier alpha value is -0.870. The Bertz CT molecular complexity index is 404. The molecule has 1 aliphatic carbocycles. The lowest BCUT2D eigenvalue weighted by Gasteiger charge is -2.30. The van der Waals surface area contributed by atoms with Crippen LogP contribution in [-0.4, -0.2) is 40.4 Å². The summed E-state index contributed by atoms with van der Waals surface area (Å²) in [6, 6.07) is 3.04. The van der Waals surface area contributed by atoms with Crippen molar-refractivity contribution >= 4 is 0 Å². The highest BCUT2D eigenvalue weighted by Gasteiger charge is 2.31. The molecule has 2 fully saturated rings. The van der Waals surface area contributed by atoms with Crippen LogP contribution in [0.15, 0.2) is 12.3 Å². The van der Waals surface area contributed by atoms with Crippen LogP contribution in [0.2, 0.25) is 0 Å². The average Bonchev–Trinajstić information content (AvgIpc) is 3.23. The van der Waals surface area contributed by atoms with E-state index in [1.54, 1.807) is 0 Å². The van der Waals surface area contributed by atoms with E-state index in [9.17, 15) is 0 Å². The third-order valence-corrected chi connectivity index (χ3v) is 4.62. The number of piperidine rings is 1. The van der Waals surface area contributed by atoms with E-state index < -0.39 is 0 Å². The lowest BCUT2D eigenvalue weighted by molar-refractivity contribution is 0.185. The van der Waals surface area contributed by atoms with Crippen LogP contribution in [0.1, 0.15) is 44.7 Å². The molecular formula is C16H28N4. The third-order valence-electron chi connectivity index (χ3n) is 4.62. The van der Waals surface area contributed by atoms with E-state index in [2.05, 4.69) is 33.0 Å². The van der Waals surface area contributed by atoms with Gasteiger partial charge in [-0.25, -0.2) is 0 Å². The molecule has 0 spiro atoms. The number of hydrogen-bond acceptors (Lipinski definition) is 3. The van der Waals surface area contributed by atoms with Gasteiger partial charge >= 0.3 is 0 Å². The zero-order chi connectivity index (χ0) is 13.8. The van der Waals surface area contributed by atoms with Crippen molar-refractivity contribution in [2.24, 2.45) is 5.92 Å². The minimum atomic E-state index is 0.842. The van der Waals surface area contributed by atoms with Gasteiger partial charge in [-0.2, -0.15) is 5.10 Å². The van der Waals surface area contributed by atoms with Crippen molar-refractivity contribution in [2.45, 2.75) is 58.2 Å². The fraction of sp³-hybridized carbons (Fsp3) is 0.812. The summed E-state index contributed by atoms with van der Waals surface area (Å²) in [5.74, 6) is 0.888. The number of nitrogens with one attached hydrogen (secondary N) is 1. The van der Waals surface area contributed by atoms with Gasteiger partial charge < -0.3 is 5.32 Å². The number of nitrogens with zero attached hydrogens (tertiary/aromatic N) is 3. The summed E-state index contributed by atoms with van der Waals surface area (Å²) in [6.07, 6.45) is 8.60. The van der Waals surface area contributed by atoms with Crippen LogP contribution in [0.3, 0.4) is 0 Å². The molecule has 1 aliphatic heterocycles. The van der Waals surface area contributed by atoms with E-state index in [0.29, 0.717) is 0 Å². The molecule has 0 amide bonds. The van der Waals surface area contributed by atoms with Gasteiger partial charge in [0.05, 0.1) is 5.69 Å². The van der Waals surface area contributed by atoms with Gasteiger partial charge in [-0.3, -0.25) is 9.58 Å². The van der Waals surface area contributed by atoms with Crippen molar-refractivity contribution in [3.63, 3.8) is 0 Å². The molecule has 2 aliphatic rings. The SMILES string of the molecule is CCCn1nccc1CN(CC1CCNCC1)C1CC1. The zero-order valence-electron chi connectivity index (χ0n) is 12.7. The highest BCUT2D eigenvalue weighted by Crippen LogP contribution is 2.30. The number of hydrogen-bond donors (Lipinski definition) is 1. The summed E-state index contributed by atoms with van der Waals surface area (Å²) in [4.78, 5) is 2.72. The largest absolute Gasteiger partial charge is 0.317 e. The van der Waals surface area contributed by atoms with E-state index in [1.807, 2.05) is 6.20 Å². The summed E-state index contributed by atoms with van der Waals surface area (Å²) in [6.45, 7) is 8.06. The van der Waals surface area contributed by atoms with Crippen LogP contribution in [0, 0.1) is 5.92 Å². The summed E-state index contributed by atoms with van der Waals surface area (Å²) < 4.78 is 2.19. The van der Waals surface area contributed by atoms with E-state index >= 15 is 0 Å². The van der Waals surface area contributed by atoms with Gasteiger partial charge in [-0.1, -0.05) is 6.92 Å². The smallest absolute Gasteiger partial charge is 0.0524 e. The molecule has 1 saturated carbocycles. The maximum absolute atomic E-state index is 4.47. The Morgan fingerprint density at radius 3 is 2.80 bits per heavy atom. The first-order valence-corrected chi connectivity index (χ1v) is 8.32. The molecule has 20 heavy (non-hydrogen) atoms. The maximum atomic E-state index is 4.47. The quantitative estimate of drug-likeness (QED) is 0.829. The van der Waals surface area contributed by atoms with Crippen molar-refractivity contribution in [1.29, 1.82) is 0 Å². The molecule has 0 unspecified atom stereocenters. The normalized spacial score (nSPS) is 20.7. The van der Waals surface area contributed by atoms with E-state index in [0.717, 1.165) is 31.5 Å². The standard InChI is InChI=1S/C16H28N4/c1-2-11-20-16(7-10-18-20)13-19(15-3-4-15)12-14-5-8-17-9-6-14/h7,10,14-15,17H,2-6,8-9,11-13H2,1H3. The zero-order valence-corrected chi connectivity index (χ0v) is 12.7. The number of aryl methyl sites for hydroxylation is 1. The molecule has 4 nitrogen and oxygen atoms in total. The molecule has 0 radical (unpaired) electrons. The van der Waals surface area contributed by atoms with Gasteiger partial charge in [0.25, 0.3) is 0 Å². The van der Waals surface area contributed by atoms with E-state index in [-0.39, 0.29) is 0 Å². The van der Waals surface area contributed by atoms with Gasteiger partial charge in [0.15, 0.2) is 0 Å². The van der Waals surface area contributed by atoms with Gasteiger partial charge in [-0.05, 0) is 57.2 Å². The van der Waals surface area contributed by atoms with Gasteiger partial charge in [0.1, 0.15) is 0 Å². The second-order valence-corrected chi connectivity index (χ2v) is 6.40. The Morgan fingerprint density at radius 2 is 2.10 bits per heavy atom. The average molecular weight is 276 g/mol. The second kappa shape index (κ2) is 6.72. The molecule has 3 rings (SSSR count). The molecular weight excluding hydrogens is 248 g/mol.